The van der Waals surface area contributed by atoms with E-state index >= 15 is 0 Å². The number of likely N-dealkylation sites (tertiary alicyclic amines) is 1. The number of piperidine rings is 1. The molecule has 0 saturated carbocycles. The second kappa shape index (κ2) is 9.01. The molecule has 0 aromatic carbocycles. The number of hydrogen-bond acceptors (Lipinski definition) is 5. The van der Waals surface area contributed by atoms with Crippen molar-refractivity contribution in [3.8, 4) is 0 Å². The van der Waals surface area contributed by atoms with Crippen molar-refractivity contribution in [1.29, 1.82) is 0 Å². The Morgan fingerprint density at radius 2 is 2.11 bits per heavy atom. The van der Waals surface area contributed by atoms with Crippen LogP contribution in [0.15, 0.2) is 24.4 Å². The van der Waals surface area contributed by atoms with Crippen LogP contribution in [0.1, 0.15) is 44.2 Å². The Bertz CT molecular complexity index is 677. The van der Waals surface area contributed by atoms with Gasteiger partial charge in [-0.3, -0.25) is 19.5 Å². The fourth-order valence-corrected chi connectivity index (χ4v) is 4.73. The Balaban J connectivity index is 1.29. The average Bonchev–Trinajstić information content (AvgIpc) is 3.18. The van der Waals surface area contributed by atoms with Gasteiger partial charge in [-0.25, -0.2) is 0 Å². The fraction of sp³-hybridized carbons (Fsp3) is 0.667. The molecule has 3 aliphatic heterocycles. The summed E-state index contributed by atoms with van der Waals surface area (Å²) in [5.41, 5.74) is 1.01. The van der Waals surface area contributed by atoms with E-state index < -0.39 is 0 Å². The highest BCUT2D eigenvalue weighted by Gasteiger charge is 2.43. The summed E-state index contributed by atoms with van der Waals surface area (Å²) in [7, 11) is 0. The number of piperazine rings is 1. The summed E-state index contributed by atoms with van der Waals surface area (Å²) in [6, 6.07) is 6.36. The molecule has 1 aromatic heterocycles. The summed E-state index contributed by atoms with van der Waals surface area (Å²) in [6.07, 6.45) is 7.51. The van der Waals surface area contributed by atoms with E-state index in [1.54, 1.807) is 6.20 Å². The number of aromatic nitrogens is 1. The van der Waals surface area contributed by atoms with Gasteiger partial charge in [0.2, 0.25) is 11.8 Å². The maximum Gasteiger partial charge on any atom is 0.237 e. The van der Waals surface area contributed by atoms with E-state index in [9.17, 15) is 9.59 Å². The molecule has 0 spiro atoms. The third kappa shape index (κ3) is 4.52. The summed E-state index contributed by atoms with van der Waals surface area (Å²) >= 11 is 0. The minimum Gasteiger partial charge on any atom is -0.353 e. The monoisotopic (exact) mass is 385 g/mol. The molecule has 2 N–H and O–H groups in total. The fourth-order valence-electron chi connectivity index (χ4n) is 4.73. The minimum atomic E-state index is -0.0786. The number of carbonyl (C=O) groups is 2. The second-order valence-corrected chi connectivity index (χ2v) is 8.23. The van der Waals surface area contributed by atoms with Crippen molar-refractivity contribution in [3.05, 3.63) is 30.1 Å². The summed E-state index contributed by atoms with van der Waals surface area (Å²) in [6.45, 7) is 4.03. The Hall–Kier alpha value is -1.99. The van der Waals surface area contributed by atoms with Crippen molar-refractivity contribution < 1.29 is 9.59 Å². The number of carbonyl (C=O) groups excluding carboxylic acids is 2. The van der Waals surface area contributed by atoms with Gasteiger partial charge >= 0.3 is 0 Å². The Kier molecular flexibility index (Phi) is 6.22. The lowest BCUT2D eigenvalue weighted by atomic mass is 10.0. The number of nitrogens with zero attached hydrogens (tertiary/aromatic N) is 3. The largest absolute Gasteiger partial charge is 0.353 e. The van der Waals surface area contributed by atoms with E-state index in [0.717, 1.165) is 51.0 Å². The van der Waals surface area contributed by atoms with E-state index in [1.165, 1.54) is 6.42 Å². The van der Waals surface area contributed by atoms with E-state index in [0.29, 0.717) is 19.5 Å². The number of amides is 2. The van der Waals surface area contributed by atoms with E-state index in [-0.39, 0.29) is 29.9 Å². The number of pyridine rings is 1. The third-order valence-electron chi connectivity index (χ3n) is 6.32. The van der Waals surface area contributed by atoms with Crippen LogP contribution in [0.4, 0.5) is 0 Å². The first-order valence-electron chi connectivity index (χ1n) is 10.7. The summed E-state index contributed by atoms with van der Waals surface area (Å²) in [5.74, 6) is 0.401. The molecule has 0 radical (unpaired) electrons. The molecule has 28 heavy (non-hydrogen) atoms. The normalized spacial score (nSPS) is 28.1. The minimum absolute atomic E-state index is 0.0786. The van der Waals surface area contributed by atoms with Crippen molar-refractivity contribution in [2.75, 3.05) is 26.2 Å². The highest BCUT2D eigenvalue weighted by molar-refractivity contribution is 5.83. The molecule has 7 heteroatoms. The SMILES string of the molecule is O=C1NCC(CCC(=O)N2CCCCC2)N2CC(NCc3ccccn3)CC12. The lowest BCUT2D eigenvalue weighted by Gasteiger charge is -2.37. The van der Waals surface area contributed by atoms with Crippen LogP contribution >= 0.6 is 0 Å². The van der Waals surface area contributed by atoms with Gasteiger partial charge in [-0.1, -0.05) is 6.07 Å². The quantitative estimate of drug-likeness (QED) is 0.761. The maximum absolute atomic E-state index is 12.5. The molecule has 2 amide bonds. The zero-order valence-electron chi connectivity index (χ0n) is 16.5. The molecule has 0 aliphatic carbocycles. The lowest BCUT2D eigenvalue weighted by molar-refractivity contribution is -0.133. The van der Waals surface area contributed by atoms with Crippen molar-refractivity contribution in [2.24, 2.45) is 0 Å². The smallest absolute Gasteiger partial charge is 0.237 e. The molecule has 152 valence electrons. The molecule has 1 aromatic rings. The number of hydrogen-bond donors (Lipinski definition) is 2. The summed E-state index contributed by atoms with van der Waals surface area (Å²) in [4.78, 5) is 33.6. The van der Waals surface area contributed by atoms with Gasteiger partial charge in [0.25, 0.3) is 0 Å². The Labute approximate surface area is 166 Å². The average molecular weight is 386 g/mol. The predicted octanol–water partition coefficient (Wildman–Crippen LogP) is 0.905. The topological polar surface area (TPSA) is 77.6 Å². The molecule has 3 unspecified atom stereocenters. The van der Waals surface area contributed by atoms with E-state index in [1.807, 2.05) is 23.1 Å². The highest BCUT2D eigenvalue weighted by Crippen LogP contribution is 2.26. The third-order valence-corrected chi connectivity index (χ3v) is 6.32. The molecular formula is C21H31N5O2. The highest BCUT2D eigenvalue weighted by atomic mass is 16.2. The number of rotatable bonds is 6. The van der Waals surface area contributed by atoms with Crippen molar-refractivity contribution >= 4 is 11.8 Å². The van der Waals surface area contributed by atoms with Gasteiger partial charge < -0.3 is 15.5 Å². The van der Waals surface area contributed by atoms with Crippen molar-refractivity contribution in [1.82, 2.24) is 25.4 Å². The number of fused-ring (bicyclic) bond motifs is 1. The van der Waals surface area contributed by atoms with Gasteiger partial charge in [0.1, 0.15) is 0 Å². The molecule has 3 saturated heterocycles. The van der Waals surface area contributed by atoms with Crippen molar-refractivity contribution in [3.63, 3.8) is 0 Å². The molecule has 3 fully saturated rings. The summed E-state index contributed by atoms with van der Waals surface area (Å²) < 4.78 is 0. The molecule has 0 bridgehead atoms. The van der Waals surface area contributed by atoms with Gasteiger partial charge in [-0.15, -0.1) is 0 Å². The first-order valence-corrected chi connectivity index (χ1v) is 10.7. The van der Waals surface area contributed by atoms with Gasteiger partial charge in [0, 0.05) is 57.4 Å². The van der Waals surface area contributed by atoms with Gasteiger partial charge in [-0.05, 0) is 44.2 Å². The second-order valence-electron chi connectivity index (χ2n) is 8.23. The molecule has 7 nitrogen and oxygen atoms in total. The van der Waals surface area contributed by atoms with Crippen molar-refractivity contribution in [2.45, 2.75) is 63.2 Å². The van der Waals surface area contributed by atoms with Crippen LogP contribution in [0.3, 0.4) is 0 Å². The van der Waals surface area contributed by atoms with E-state index in [4.69, 9.17) is 0 Å². The lowest BCUT2D eigenvalue weighted by Crippen LogP contribution is -2.58. The first-order chi connectivity index (χ1) is 13.7. The van der Waals surface area contributed by atoms with Gasteiger partial charge in [-0.2, -0.15) is 0 Å². The Morgan fingerprint density at radius 3 is 2.89 bits per heavy atom. The van der Waals surface area contributed by atoms with Gasteiger partial charge in [0.15, 0.2) is 0 Å². The van der Waals surface area contributed by atoms with Crippen LogP contribution < -0.4 is 10.6 Å². The molecule has 3 atom stereocenters. The standard InChI is InChI=1S/C21H31N5O2/c27-20(25-10-4-1-5-11-25)8-7-18-14-24-21(28)19-12-17(15-26(18)19)23-13-16-6-2-3-9-22-16/h2-3,6,9,17-19,23H,1,4-5,7-8,10-15H2,(H,24,28). The molecule has 4 rings (SSSR count). The Morgan fingerprint density at radius 1 is 1.25 bits per heavy atom. The molecular weight excluding hydrogens is 354 g/mol. The zero-order valence-corrected chi connectivity index (χ0v) is 16.5. The predicted molar refractivity (Wildman–Crippen MR) is 106 cm³/mol. The van der Waals surface area contributed by atoms with E-state index in [2.05, 4.69) is 20.5 Å². The van der Waals surface area contributed by atoms with Crippen LogP contribution in [0.25, 0.3) is 0 Å². The van der Waals surface area contributed by atoms with Crippen LogP contribution in [0.5, 0.6) is 0 Å². The zero-order chi connectivity index (χ0) is 19.3. The number of nitrogens with one attached hydrogen (secondary N) is 2. The van der Waals surface area contributed by atoms with Crippen LogP contribution in [0.2, 0.25) is 0 Å². The summed E-state index contributed by atoms with van der Waals surface area (Å²) in [5, 5.41) is 6.61. The van der Waals surface area contributed by atoms with Crippen LogP contribution in [-0.4, -0.2) is 70.9 Å². The van der Waals surface area contributed by atoms with Crippen LogP contribution in [-0.2, 0) is 16.1 Å². The first kappa shape index (κ1) is 19.3. The molecule has 3 aliphatic rings. The molecule has 4 heterocycles. The maximum atomic E-state index is 12.5. The van der Waals surface area contributed by atoms with Crippen LogP contribution in [0, 0.1) is 0 Å². The van der Waals surface area contributed by atoms with Gasteiger partial charge in [0.05, 0.1) is 11.7 Å².